The first-order valence-electron chi connectivity index (χ1n) is 8.58. The highest BCUT2D eigenvalue weighted by molar-refractivity contribution is 9.10. The number of fused-ring (bicyclic) bond motifs is 1. The van der Waals surface area contributed by atoms with Crippen molar-refractivity contribution in [3.8, 4) is 0 Å². The van der Waals surface area contributed by atoms with Gasteiger partial charge in [0.1, 0.15) is 10.3 Å². The molecule has 0 spiro atoms. The Balaban J connectivity index is 2.13. The second-order valence-corrected chi connectivity index (χ2v) is 7.21. The molecule has 1 amide bonds. The second kappa shape index (κ2) is 7.75. The number of esters is 1. The number of amides is 1. The van der Waals surface area contributed by atoms with E-state index in [9.17, 15) is 9.59 Å². The molecular weight excluding hydrogens is 404 g/mol. The summed E-state index contributed by atoms with van der Waals surface area (Å²) >= 11 is 3.33. The SMILES string of the molecule is CCOC(=O)c1oc2cnc(Br)cc2c1N(C=O)C1CC(C)OC(C)C1. The lowest BCUT2D eigenvalue weighted by Gasteiger charge is -2.37. The number of hydrogen-bond acceptors (Lipinski definition) is 6. The summed E-state index contributed by atoms with van der Waals surface area (Å²) in [5, 5.41) is 0.633. The third kappa shape index (κ3) is 3.61. The minimum Gasteiger partial charge on any atom is -0.460 e. The van der Waals surface area contributed by atoms with Gasteiger partial charge in [0.2, 0.25) is 12.2 Å². The lowest BCUT2D eigenvalue weighted by molar-refractivity contribution is -0.109. The largest absolute Gasteiger partial charge is 0.460 e. The molecule has 1 fully saturated rings. The predicted octanol–water partition coefficient (Wildman–Crippen LogP) is 3.69. The quantitative estimate of drug-likeness (QED) is 0.413. The van der Waals surface area contributed by atoms with Crippen LogP contribution < -0.4 is 4.90 Å². The minimum atomic E-state index is -0.602. The van der Waals surface area contributed by atoms with Crippen LogP contribution in [0.4, 0.5) is 5.69 Å². The zero-order chi connectivity index (χ0) is 18.8. The Labute approximate surface area is 159 Å². The van der Waals surface area contributed by atoms with Crippen LogP contribution in [-0.4, -0.2) is 42.2 Å². The van der Waals surface area contributed by atoms with E-state index in [1.165, 1.54) is 6.20 Å². The summed E-state index contributed by atoms with van der Waals surface area (Å²) < 4.78 is 17.2. The number of ether oxygens (including phenoxy) is 2. The molecule has 3 heterocycles. The Hall–Kier alpha value is -1.93. The summed E-state index contributed by atoms with van der Waals surface area (Å²) in [7, 11) is 0. The van der Waals surface area contributed by atoms with Gasteiger partial charge in [-0.2, -0.15) is 0 Å². The van der Waals surface area contributed by atoms with Crippen LogP contribution >= 0.6 is 15.9 Å². The number of rotatable bonds is 5. The van der Waals surface area contributed by atoms with Crippen LogP contribution in [-0.2, 0) is 14.3 Å². The van der Waals surface area contributed by atoms with Gasteiger partial charge in [-0.25, -0.2) is 9.78 Å². The van der Waals surface area contributed by atoms with Gasteiger partial charge < -0.3 is 18.8 Å². The maximum absolute atomic E-state index is 12.4. The van der Waals surface area contributed by atoms with E-state index in [-0.39, 0.29) is 30.6 Å². The van der Waals surface area contributed by atoms with E-state index >= 15 is 0 Å². The molecule has 1 saturated heterocycles. The van der Waals surface area contributed by atoms with Gasteiger partial charge in [0.05, 0.1) is 25.0 Å². The number of anilines is 1. The number of carbonyl (C=O) groups is 2. The predicted molar refractivity (Wildman–Crippen MR) is 99.2 cm³/mol. The number of carbonyl (C=O) groups excluding carboxylic acids is 2. The summed E-state index contributed by atoms with van der Waals surface area (Å²) in [6.45, 7) is 5.89. The van der Waals surface area contributed by atoms with Gasteiger partial charge >= 0.3 is 5.97 Å². The molecule has 0 radical (unpaired) electrons. The molecule has 7 nitrogen and oxygen atoms in total. The first kappa shape index (κ1) is 18.8. The monoisotopic (exact) mass is 424 g/mol. The molecule has 1 aliphatic rings. The topological polar surface area (TPSA) is 81.9 Å². The molecule has 0 bridgehead atoms. The van der Waals surface area contributed by atoms with Gasteiger partial charge in [-0.05, 0) is 55.6 Å². The first-order chi connectivity index (χ1) is 12.4. The van der Waals surface area contributed by atoms with Crippen molar-refractivity contribution in [2.24, 2.45) is 0 Å². The number of hydrogen-bond donors (Lipinski definition) is 0. The summed E-state index contributed by atoms with van der Waals surface area (Å²) in [5.41, 5.74) is 0.842. The number of halogens is 1. The Kier molecular flexibility index (Phi) is 5.62. The highest BCUT2D eigenvalue weighted by Gasteiger charge is 2.34. The molecular formula is C18H21BrN2O5. The normalized spacial score (nSPS) is 23.0. The highest BCUT2D eigenvalue weighted by atomic mass is 79.9. The molecule has 1 aliphatic heterocycles. The lowest BCUT2D eigenvalue weighted by atomic mass is 9.97. The van der Waals surface area contributed by atoms with Crippen LogP contribution in [0, 0.1) is 0 Å². The zero-order valence-electron chi connectivity index (χ0n) is 14.9. The van der Waals surface area contributed by atoms with Crippen molar-refractivity contribution in [2.45, 2.75) is 51.9 Å². The summed E-state index contributed by atoms with van der Waals surface area (Å²) in [5.74, 6) is -0.588. The van der Waals surface area contributed by atoms with Crippen LogP contribution in [0.1, 0.15) is 44.2 Å². The molecule has 2 aromatic heterocycles. The van der Waals surface area contributed by atoms with E-state index in [4.69, 9.17) is 13.9 Å². The Morgan fingerprint density at radius 3 is 2.73 bits per heavy atom. The molecule has 0 saturated carbocycles. The van der Waals surface area contributed by atoms with E-state index in [0.717, 1.165) is 6.41 Å². The Bertz CT molecular complexity index is 811. The van der Waals surface area contributed by atoms with Crippen molar-refractivity contribution < 1.29 is 23.5 Å². The van der Waals surface area contributed by atoms with E-state index in [1.54, 1.807) is 17.9 Å². The lowest BCUT2D eigenvalue weighted by Crippen LogP contribution is -2.44. The fourth-order valence-corrected chi connectivity index (χ4v) is 3.81. The fraction of sp³-hybridized carbons (Fsp3) is 0.500. The molecule has 2 aromatic rings. The van der Waals surface area contributed by atoms with Gasteiger partial charge in [0, 0.05) is 11.4 Å². The van der Waals surface area contributed by atoms with Gasteiger partial charge in [-0.1, -0.05) is 0 Å². The first-order valence-corrected chi connectivity index (χ1v) is 9.38. The highest BCUT2D eigenvalue weighted by Crippen LogP contribution is 2.38. The molecule has 0 aromatic carbocycles. The van der Waals surface area contributed by atoms with E-state index < -0.39 is 5.97 Å². The van der Waals surface area contributed by atoms with Crippen LogP contribution in [0.3, 0.4) is 0 Å². The molecule has 0 aliphatic carbocycles. The van der Waals surface area contributed by atoms with Crippen LogP contribution in [0.25, 0.3) is 11.0 Å². The molecule has 26 heavy (non-hydrogen) atoms. The fourth-order valence-electron chi connectivity index (χ4n) is 3.47. The van der Waals surface area contributed by atoms with Crippen molar-refractivity contribution in [1.82, 2.24) is 4.98 Å². The average molecular weight is 425 g/mol. The summed E-state index contributed by atoms with van der Waals surface area (Å²) in [6, 6.07) is 1.63. The maximum atomic E-state index is 12.4. The van der Waals surface area contributed by atoms with E-state index in [2.05, 4.69) is 20.9 Å². The van der Waals surface area contributed by atoms with Crippen molar-refractivity contribution in [2.75, 3.05) is 11.5 Å². The summed E-state index contributed by atoms with van der Waals surface area (Å²) in [6.07, 6.45) is 3.64. The molecule has 140 valence electrons. The van der Waals surface area contributed by atoms with Crippen LogP contribution in [0.5, 0.6) is 0 Å². The third-order valence-electron chi connectivity index (χ3n) is 4.41. The molecule has 0 N–H and O–H groups in total. The van der Waals surface area contributed by atoms with Crippen molar-refractivity contribution in [1.29, 1.82) is 0 Å². The smallest absolute Gasteiger partial charge is 0.376 e. The van der Waals surface area contributed by atoms with Crippen molar-refractivity contribution in [3.05, 3.63) is 22.6 Å². The Morgan fingerprint density at radius 1 is 1.42 bits per heavy atom. The molecule has 2 atom stereocenters. The van der Waals surface area contributed by atoms with E-state index in [0.29, 0.717) is 34.1 Å². The number of aromatic nitrogens is 1. The van der Waals surface area contributed by atoms with Crippen LogP contribution in [0.2, 0.25) is 0 Å². The molecule has 2 unspecified atom stereocenters. The summed E-state index contributed by atoms with van der Waals surface area (Å²) in [4.78, 5) is 30.2. The standard InChI is InChI=1S/C18H21BrN2O5/c1-4-24-18(23)17-16(13-7-15(19)20-8-14(13)26-17)21(9-22)12-5-10(2)25-11(3)6-12/h7-12H,4-6H2,1-3H3. The van der Waals surface area contributed by atoms with Crippen molar-refractivity contribution in [3.63, 3.8) is 0 Å². The van der Waals surface area contributed by atoms with Gasteiger partial charge in [0.15, 0.2) is 5.58 Å². The average Bonchev–Trinajstić information content (AvgIpc) is 2.94. The third-order valence-corrected chi connectivity index (χ3v) is 4.85. The Morgan fingerprint density at radius 2 is 2.12 bits per heavy atom. The zero-order valence-corrected chi connectivity index (χ0v) is 16.5. The van der Waals surface area contributed by atoms with E-state index in [1.807, 2.05) is 13.8 Å². The molecule has 8 heteroatoms. The number of nitrogens with zero attached hydrogens (tertiary/aromatic N) is 2. The molecule has 3 rings (SSSR count). The van der Waals surface area contributed by atoms with Crippen molar-refractivity contribution >= 4 is 45.0 Å². The second-order valence-electron chi connectivity index (χ2n) is 6.40. The number of pyridine rings is 1. The van der Waals surface area contributed by atoms with Gasteiger partial charge in [0.25, 0.3) is 0 Å². The maximum Gasteiger partial charge on any atom is 0.376 e. The number of furan rings is 1. The minimum absolute atomic E-state index is 0.0145. The van der Waals surface area contributed by atoms with Gasteiger partial charge in [-0.3, -0.25) is 4.79 Å². The van der Waals surface area contributed by atoms with Crippen LogP contribution in [0.15, 0.2) is 21.3 Å². The van der Waals surface area contributed by atoms with Gasteiger partial charge in [-0.15, -0.1) is 0 Å².